The van der Waals surface area contributed by atoms with Crippen LogP contribution >= 0.6 is 0 Å². The SMILES string of the molecule is CCC(CC)(CC)C(O)CCCN. The van der Waals surface area contributed by atoms with E-state index in [1.807, 2.05) is 0 Å². The standard InChI is InChI=1S/C11H25NO/c1-4-11(5-2,6-3)10(13)8-7-9-12/h10,13H,4-9,12H2,1-3H3. The molecule has 13 heavy (non-hydrogen) atoms. The van der Waals surface area contributed by atoms with Crippen molar-refractivity contribution in [3.05, 3.63) is 0 Å². The first-order valence-electron chi connectivity index (χ1n) is 5.55. The molecule has 1 unspecified atom stereocenters. The van der Waals surface area contributed by atoms with E-state index in [2.05, 4.69) is 20.8 Å². The summed E-state index contributed by atoms with van der Waals surface area (Å²) < 4.78 is 0. The van der Waals surface area contributed by atoms with Crippen molar-refractivity contribution in [2.45, 2.75) is 59.0 Å². The second-order valence-corrected chi connectivity index (χ2v) is 3.87. The van der Waals surface area contributed by atoms with Crippen LogP contribution in [0.15, 0.2) is 0 Å². The van der Waals surface area contributed by atoms with Gasteiger partial charge in [0, 0.05) is 0 Å². The lowest BCUT2D eigenvalue weighted by molar-refractivity contribution is 0.00737. The van der Waals surface area contributed by atoms with Gasteiger partial charge in [0.1, 0.15) is 0 Å². The average molecular weight is 187 g/mol. The number of nitrogens with two attached hydrogens (primary N) is 1. The molecule has 0 saturated heterocycles. The first-order valence-corrected chi connectivity index (χ1v) is 5.55. The van der Waals surface area contributed by atoms with Crippen molar-refractivity contribution in [3.8, 4) is 0 Å². The Balaban J connectivity index is 4.17. The number of aliphatic hydroxyl groups is 1. The number of hydrogen-bond donors (Lipinski definition) is 2. The molecule has 0 spiro atoms. The first-order chi connectivity index (χ1) is 6.16. The van der Waals surface area contributed by atoms with Crippen molar-refractivity contribution < 1.29 is 5.11 Å². The lowest BCUT2D eigenvalue weighted by Crippen LogP contribution is -2.34. The maximum atomic E-state index is 10.0. The van der Waals surface area contributed by atoms with Crippen LogP contribution in [0.25, 0.3) is 0 Å². The third-order valence-corrected chi connectivity index (χ3v) is 3.50. The van der Waals surface area contributed by atoms with Gasteiger partial charge in [0.05, 0.1) is 6.10 Å². The summed E-state index contributed by atoms with van der Waals surface area (Å²) in [6.07, 6.45) is 4.80. The Kier molecular flexibility index (Phi) is 6.35. The predicted molar refractivity (Wildman–Crippen MR) is 57.6 cm³/mol. The lowest BCUT2D eigenvalue weighted by atomic mass is 9.73. The minimum absolute atomic E-state index is 0.134. The molecule has 0 aliphatic rings. The molecule has 2 nitrogen and oxygen atoms in total. The van der Waals surface area contributed by atoms with Gasteiger partial charge in [-0.1, -0.05) is 20.8 Å². The number of hydrogen-bond acceptors (Lipinski definition) is 2. The highest BCUT2D eigenvalue weighted by atomic mass is 16.3. The van der Waals surface area contributed by atoms with Crippen LogP contribution in [0.3, 0.4) is 0 Å². The van der Waals surface area contributed by atoms with Gasteiger partial charge in [-0.25, -0.2) is 0 Å². The van der Waals surface area contributed by atoms with Gasteiger partial charge < -0.3 is 10.8 Å². The van der Waals surface area contributed by atoms with Crippen LogP contribution in [0.1, 0.15) is 52.9 Å². The summed E-state index contributed by atoms with van der Waals surface area (Å²) >= 11 is 0. The van der Waals surface area contributed by atoms with Gasteiger partial charge in [0.25, 0.3) is 0 Å². The molecular weight excluding hydrogens is 162 g/mol. The van der Waals surface area contributed by atoms with Gasteiger partial charge >= 0.3 is 0 Å². The van der Waals surface area contributed by atoms with Crippen molar-refractivity contribution in [3.63, 3.8) is 0 Å². The lowest BCUT2D eigenvalue weighted by Gasteiger charge is -2.35. The summed E-state index contributed by atoms with van der Waals surface area (Å²) in [7, 11) is 0. The summed E-state index contributed by atoms with van der Waals surface area (Å²) in [4.78, 5) is 0. The van der Waals surface area contributed by atoms with Crippen molar-refractivity contribution >= 4 is 0 Å². The summed E-state index contributed by atoms with van der Waals surface area (Å²) in [5.74, 6) is 0. The van der Waals surface area contributed by atoms with Crippen LogP contribution in [0.4, 0.5) is 0 Å². The minimum Gasteiger partial charge on any atom is -0.393 e. The summed E-state index contributed by atoms with van der Waals surface area (Å²) in [6.45, 7) is 7.18. The van der Waals surface area contributed by atoms with E-state index in [-0.39, 0.29) is 11.5 Å². The predicted octanol–water partition coefficient (Wildman–Crippen LogP) is 2.30. The minimum atomic E-state index is -0.170. The van der Waals surface area contributed by atoms with Crippen LogP contribution in [-0.2, 0) is 0 Å². The normalized spacial score (nSPS) is 14.5. The van der Waals surface area contributed by atoms with E-state index >= 15 is 0 Å². The molecule has 0 aromatic heterocycles. The zero-order valence-electron chi connectivity index (χ0n) is 9.34. The molecule has 0 rings (SSSR count). The zero-order chi connectivity index (χ0) is 10.3. The molecule has 0 aliphatic heterocycles. The molecule has 2 heteroatoms. The molecule has 1 atom stereocenters. The molecule has 0 aromatic carbocycles. The molecule has 0 heterocycles. The Hall–Kier alpha value is -0.0800. The molecule has 0 aliphatic carbocycles. The fourth-order valence-corrected chi connectivity index (χ4v) is 2.07. The Morgan fingerprint density at radius 3 is 1.92 bits per heavy atom. The fraction of sp³-hybridized carbons (Fsp3) is 1.00. The van der Waals surface area contributed by atoms with Crippen molar-refractivity contribution in [2.24, 2.45) is 11.1 Å². The topological polar surface area (TPSA) is 46.2 Å². The van der Waals surface area contributed by atoms with E-state index < -0.39 is 0 Å². The molecular formula is C11H25NO. The maximum Gasteiger partial charge on any atom is 0.0596 e. The Morgan fingerprint density at radius 1 is 1.15 bits per heavy atom. The zero-order valence-corrected chi connectivity index (χ0v) is 9.34. The largest absolute Gasteiger partial charge is 0.393 e. The van der Waals surface area contributed by atoms with E-state index in [4.69, 9.17) is 5.73 Å². The molecule has 0 radical (unpaired) electrons. The van der Waals surface area contributed by atoms with E-state index in [1.54, 1.807) is 0 Å². The second kappa shape index (κ2) is 6.39. The molecule has 3 N–H and O–H groups in total. The molecule has 0 aromatic rings. The molecule has 0 saturated carbocycles. The van der Waals surface area contributed by atoms with Crippen molar-refractivity contribution in [1.82, 2.24) is 0 Å². The quantitative estimate of drug-likeness (QED) is 0.642. The summed E-state index contributed by atoms with van der Waals surface area (Å²) in [5.41, 5.74) is 5.57. The van der Waals surface area contributed by atoms with E-state index in [1.165, 1.54) is 0 Å². The fourth-order valence-electron chi connectivity index (χ4n) is 2.07. The van der Waals surface area contributed by atoms with Gasteiger partial charge in [-0.2, -0.15) is 0 Å². The number of rotatable bonds is 7. The molecule has 80 valence electrons. The highest BCUT2D eigenvalue weighted by Crippen LogP contribution is 2.36. The van der Waals surface area contributed by atoms with E-state index in [0.29, 0.717) is 6.54 Å². The highest BCUT2D eigenvalue weighted by Gasteiger charge is 2.31. The Morgan fingerprint density at radius 2 is 1.62 bits per heavy atom. The maximum absolute atomic E-state index is 10.0. The van der Waals surface area contributed by atoms with E-state index in [9.17, 15) is 5.11 Å². The van der Waals surface area contributed by atoms with Crippen LogP contribution in [0, 0.1) is 5.41 Å². The highest BCUT2D eigenvalue weighted by molar-refractivity contribution is 4.82. The average Bonchev–Trinajstić information content (AvgIpc) is 2.18. The Bertz CT molecular complexity index is 113. The molecule has 0 bridgehead atoms. The van der Waals surface area contributed by atoms with Gasteiger partial charge in [-0.15, -0.1) is 0 Å². The summed E-state index contributed by atoms with van der Waals surface area (Å²) in [6, 6.07) is 0. The van der Waals surface area contributed by atoms with Gasteiger partial charge in [-0.05, 0) is 44.1 Å². The van der Waals surface area contributed by atoms with Gasteiger partial charge in [0.2, 0.25) is 0 Å². The van der Waals surface area contributed by atoms with Gasteiger partial charge in [0.15, 0.2) is 0 Å². The smallest absolute Gasteiger partial charge is 0.0596 e. The van der Waals surface area contributed by atoms with Crippen molar-refractivity contribution in [1.29, 1.82) is 0 Å². The Labute approximate surface area is 82.5 Å². The monoisotopic (exact) mass is 187 g/mol. The van der Waals surface area contributed by atoms with E-state index in [0.717, 1.165) is 32.1 Å². The third-order valence-electron chi connectivity index (χ3n) is 3.50. The van der Waals surface area contributed by atoms with Crippen molar-refractivity contribution in [2.75, 3.05) is 6.54 Å². The summed E-state index contributed by atoms with van der Waals surface area (Å²) in [5, 5.41) is 10.0. The van der Waals surface area contributed by atoms with Crippen LogP contribution in [0.5, 0.6) is 0 Å². The first kappa shape index (κ1) is 12.9. The van der Waals surface area contributed by atoms with Crippen LogP contribution < -0.4 is 5.73 Å². The van der Waals surface area contributed by atoms with Crippen LogP contribution in [0.2, 0.25) is 0 Å². The second-order valence-electron chi connectivity index (χ2n) is 3.87. The third kappa shape index (κ3) is 3.28. The molecule has 0 amide bonds. The van der Waals surface area contributed by atoms with Crippen LogP contribution in [-0.4, -0.2) is 17.8 Å². The number of aliphatic hydroxyl groups excluding tert-OH is 1. The molecule has 0 fully saturated rings. The van der Waals surface area contributed by atoms with Gasteiger partial charge in [-0.3, -0.25) is 0 Å².